The Kier molecular flexibility index (Phi) is 5.11. The molecule has 0 unspecified atom stereocenters. The Morgan fingerprint density at radius 3 is 2.35 bits per heavy atom. The molecule has 0 aliphatic carbocycles. The lowest BCUT2D eigenvalue weighted by molar-refractivity contribution is 0.597. The second kappa shape index (κ2) is 7.64. The van der Waals surface area contributed by atoms with Crippen LogP contribution < -0.4 is 15.8 Å². The highest BCUT2D eigenvalue weighted by molar-refractivity contribution is 7.92. The molecular weight excluding hydrogens is 447 g/mol. The highest BCUT2D eigenvalue weighted by atomic mass is 35.5. The van der Waals surface area contributed by atoms with Crippen molar-refractivity contribution in [1.29, 1.82) is 0 Å². The first-order chi connectivity index (χ1) is 14.6. The highest BCUT2D eigenvalue weighted by Gasteiger charge is 2.21. The van der Waals surface area contributed by atoms with Gasteiger partial charge in [0, 0.05) is 5.56 Å². The number of H-pyrrole nitrogens is 2. The number of fused-ring (bicyclic) bond motifs is 1. The molecule has 158 valence electrons. The number of pyridine rings is 1. The lowest BCUT2D eigenvalue weighted by Crippen LogP contribution is -2.29. The molecule has 0 radical (unpaired) electrons. The van der Waals surface area contributed by atoms with Gasteiger partial charge in [0.05, 0.1) is 16.2 Å². The molecule has 0 bridgehead atoms. The van der Waals surface area contributed by atoms with E-state index in [1.54, 1.807) is 18.2 Å². The van der Waals surface area contributed by atoms with Crippen LogP contribution in [0.5, 0.6) is 0 Å². The van der Waals surface area contributed by atoms with Crippen molar-refractivity contribution in [3.05, 3.63) is 85.6 Å². The quantitative estimate of drug-likeness (QED) is 0.403. The number of halogens is 2. The number of rotatable bonds is 4. The van der Waals surface area contributed by atoms with E-state index >= 15 is 0 Å². The molecule has 31 heavy (non-hydrogen) atoms. The zero-order valence-corrected chi connectivity index (χ0v) is 17.4. The molecule has 8 nitrogen and oxygen atoms in total. The average molecular weight is 461 g/mol. The Morgan fingerprint density at radius 2 is 1.68 bits per heavy atom. The topological polar surface area (TPSA) is 125 Å². The predicted molar refractivity (Wildman–Crippen MR) is 115 cm³/mol. The Morgan fingerprint density at radius 1 is 1.00 bits per heavy atom. The monoisotopic (exact) mass is 460 g/mol. The van der Waals surface area contributed by atoms with Gasteiger partial charge in [-0.1, -0.05) is 29.8 Å². The molecule has 2 heterocycles. The van der Waals surface area contributed by atoms with E-state index in [1.807, 2.05) is 0 Å². The molecule has 0 amide bonds. The van der Waals surface area contributed by atoms with E-state index in [0.29, 0.717) is 11.1 Å². The first-order valence-corrected chi connectivity index (χ1v) is 10.7. The van der Waals surface area contributed by atoms with Gasteiger partial charge in [-0.25, -0.2) is 9.37 Å². The van der Waals surface area contributed by atoms with Gasteiger partial charge in [-0.05, 0) is 48.4 Å². The third-order valence-corrected chi connectivity index (χ3v) is 6.22. The molecule has 0 aliphatic rings. The van der Waals surface area contributed by atoms with Crippen molar-refractivity contribution in [2.75, 3.05) is 4.72 Å². The van der Waals surface area contributed by atoms with Crippen molar-refractivity contribution >= 4 is 38.5 Å². The maximum absolute atomic E-state index is 13.1. The summed E-state index contributed by atoms with van der Waals surface area (Å²) in [7, 11) is -4.14. The number of anilines is 1. The summed E-state index contributed by atoms with van der Waals surface area (Å²) < 4.78 is 41.3. The standard InChI is InChI=1S/C20H14ClFN4O4S/c1-10-8-16-17(24-19(28)18(27)23-16)25-20(10)31(29,30)26-13-6-7-14(15(21)9-13)11-2-4-12(22)5-3-11/h2-9,26H,1H3,(H,23,27)(H,24,25,28). The van der Waals surface area contributed by atoms with Crippen LogP contribution in [0.15, 0.2) is 63.1 Å². The minimum Gasteiger partial charge on any atom is -0.315 e. The molecule has 0 fully saturated rings. The minimum absolute atomic E-state index is 0.0692. The normalized spacial score (nSPS) is 11.6. The predicted octanol–water partition coefficient (Wildman–Crippen LogP) is 3.18. The second-order valence-electron chi connectivity index (χ2n) is 6.72. The zero-order chi connectivity index (χ0) is 22.3. The van der Waals surface area contributed by atoms with E-state index in [0.717, 1.165) is 0 Å². The van der Waals surface area contributed by atoms with Gasteiger partial charge in [-0.3, -0.25) is 14.3 Å². The molecule has 0 aliphatic heterocycles. The van der Waals surface area contributed by atoms with Gasteiger partial charge in [-0.2, -0.15) is 8.42 Å². The molecule has 11 heteroatoms. The van der Waals surface area contributed by atoms with Gasteiger partial charge in [0.25, 0.3) is 10.0 Å². The van der Waals surface area contributed by atoms with Crippen LogP contribution >= 0.6 is 11.6 Å². The summed E-state index contributed by atoms with van der Waals surface area (Å²) in [5.41, 5.74) is 0.0513. The lowest BCUT2D eigenvalue weighted by Gasteiger charge is -2.12. The Balaban J connectivity index is 1.70. The third-order valence-electron chi connectivity index (χ3n) is 4.48. The number of nitrogens with zero attached hydrogens (tertiary/aromatic N) is 1. The summed E-state index contributed by atoms with van der Waals surface area (Å²) in [4.78, 5) is 31.6. The SMILES string of the molecule is Cc1cc2[nH]c(=O)c(=O)[nH]c2nc1S(=O)(=O)Nc1ccc(-c2ccc(F)cc2)c(Cl)c1. The highest BCUT2D eigenvalue weighted by Crippen LogP contribution is 2.31. The Labute approximate surface area is 179 Å². The van der Waals surface area contributed by atoms with Gasteiger partial charge in [-0.15, -0.1) is 0 Å². The number of hydrogen-bond donors (Lipinski definition) is 3. The second-order valence-corrected chi connectivity index (χ2v) is 8.73. The first kappa shape index (κ1) is 20.8. The maximum Gasteiger partial charge on any atom is 0.315 e. The Hall–Kier alpha value is -3.50. The molecule has 2 aromatic carbocycles. The summed E-state index contributed by atoms with van der Waals surface area (Å²) in [6.07, 6.45) is 0. The largest absolute Gasteiger partial charge is 0.315 e. The summed E-state index contributed by atoms with van der Waals surface area (Å²) in [6.45, 7) is 1.51. The van der Waals surface area contributed by atoms with Gasteiger partial charge < -0.3 is 9.97 Å². The molecule has 0 saturated carbocycles. The summed E-state index contributed by atoms with van der Waals surface area (Å²) in [5, 5.41) is -0.0571. The van der Waals surface area contributed by atoms with Crippen LogP contribution in [-0.2, 0) is 10.0 Å². The van der Waals surface area contributed by atoms with Crippen LogP contribution in [0.3, 0.4) is 0 Å². The van der Waals surface area contributed by atoms with Gasteiger partial charge in [0.2, 0.25) is 0 Å². The van der Waals surface area contributed by atoms with Crippen molar-refractivity contribution in [1.82, 2.24) is 15.0 Å². The average Bonchev–Trinajstić information content (AvgIpc) is 2.69. The number of aromatic amines is 2. The van der Waals surface area contributed by atoms with Crippen molar-refractivity contribution in [2.24, 2.45) is 0 Å². The molecular formula is C20H14ClFN4O4S. The Bertz CT molecular complexity index is 1550. The smallest absolute Gasteiger partial charge is 0.315 e. The minimum atomic E-state index is -4.14. The number of sulfonamides is 1. The molecule has 4 rings (SSSR count). The van der Waals surface area contributed by atoms with Crippen molar-refractivity contribution in [2.45, 2.75) is 11.9 Å². The van der Waals surface area contributed by atoms with Crippen LogP contribution in [0.4, 0.5) is 10.1 Å². The zero-order valence-electron chi connectivity index (χ0n) is 15.9. The van der Waals surface area contributed by atoms with E-state index in [4.69, 9.17) is 11.6 Å². The molecule has 0 atom stereocenters. The molecule has 3 N–H and O–H groups in total. The van der Waals surface area contributed by atoms with Gasteiger partial charge >= 0.3 is 11.1 Å². The van der Waals surface area contributed by atoms with E-state index in [1.165, 1.54) is 37.3 Å². The number of aromatic nitrogens is 3. The number of aryl methyl sites for hydroxylation is 1. The summed E-state index contributed by atoms with van der Waals surface area (Å²) in [5.74, 6) is -0.382. The van der Waals surface area contributed by atoms with E-state index < -0.39 is 21.1 Å². The van der Waals surface area contributed by atoms with Crippen LogP contribution in [-0.4, -0.2) is 23.4 Å². The first-order valence-electron chi connectivity index (χ1n) is 8.86. The van der Waals surface area contributed by atoms with Crippen LogP contribution in [0.1, 0.15) is 5.56 Å². The number of benzene rings is 2. The molecule has 0 saturated heterocycles. The fourth-order valence-corrected chi connectivity index (χ4v) is 4.57. The van der Waals surface area contributed by atoms with E-state index in [-0.39, 0.29) is 38.3 Å². The van der Waals surface area contributed by atoms with Crippen molar-refractivity contribution in [3.8, 4) is 11.1 Å². The molecule has 4 aromatic rings. The summed E-state index contributed by atoms with van der Waals surface area (Å²) in [6, 6.07) is 11.7. The van der Waals surface area contributed by atoms with Crippen molar-refractivity contribution in [3.63, 3.8) is 0 Å². The van der Waals surface area contributed by atoms with Gasteiger partial charge in [0.15, 0.2) is 10.7 Å². The fraction of sp³-hybridized carbons (Fsp3) is 0.0500. The molecule has 0 spiro atoms. The van der Waals surface area contributed by atoms with Crippen LogP contribution in [0, 0.1) is 12.7 Å². The third kappa shape index (κ3) is 4.07. The maximum atomic E-state index is 13.1. The van der Waals surface area contributed by atoms with E-state index in [2.05, 4.69) is 19.7 Å². The van der Waals surface area contributed by atoms with Crippen LogP contribution in [0.25, 0.3) is 22.3 Å². The summed E-state index contributed by atoms with van der Waals surface area (Å²) >= 11 is 6.30. The lowest BCUT2D eigenvalue weighted by atomic mass is 10.1. The molecule has 2 aromatic heterocycles. The fourth-order valence-electron chi connectivity index (χ4n) is 3.05. The van der Waals surface area contributed by atoms with Crippen LogP contribution in [0.2, 0.25) is 5.02 Å². The number of nitrogens with one attached hydrogen (secondary N) is 3. The van der Waals surface area contributed by atoms with Gasteiger partial charge in [0.1, 0.15) is 5.82 Å². The van der Waals surface area contributed by atoms with E-state index in [9.17, 15) is 22.4 Å². The number of hydrogen-bond acceptors (Lipinski definition) is 5. The van der Waals surface area contributed by atoms with Crippen molar-refractivity contribution < 1.29 is 12.8 Å².